The summed E-state index contributed by atoms with van der Waals surface area (Å²) in [7, 11) is -2.96. The molecule has 2 atom stereocenters. The first-order valence-electron chi connectivity index (χ1n) is 8.48. The molecule has 3 heterocycles. The van der Waals surface area contributed by atoms with Crippen molar-refractivity contribution in [2.45, 2.75) is 17.8 Å². The molecule has 0 radical (unpaired) electrons. The zero-order valence-electron chi connectivity index (χ0n) is 14.3. The molecule has 1 amide bonds. The number of carbonyl (C=O) groups excluding carboxylic acids is 1. The summed E-state index contributed by atoms with van der Waals surface area (Å²) in [6.45, 7) is 0.407. The molecule has 1 fully saturated rings. The van der Waals surface area contributed by atoms with Gasteiger partial charge in [0.05, 0.1) is 17.5 Å². The lowest BCUT2D eigenvalue weighted by Gasteiger charge is -2.09. The summed E-state index contributed by atoms with van der Waals surface area (Å²) < 4.78 is 23.3. The summed E-state index contributed by atoms with van der Waals surface area (Å²) in [5.41, 5.74) is 2.21. The molecule has 7 nitrogen and oxygen atoms in total. The molecule has 1 aromatic carbocycles. The summed E-state index contributed by atoms with van der Waals surface area (Å²) >= 11 is 1.45. The Morgan fingerprint density at radius 1 is 1.22 bits per heavy atom. The standard InChI is InChI=1S/C18H18N4O3S2/c23-17(20-9-12-3-2-6-19-8-12)13-4-1-5-14(7-13)21-18-22-15-10-27(24,25)11-16(15)26-18/h1-8,15-16H,9-11H2,(H,20,23)(H,21,22)/t15-,16-/m1/s1. The fourth-order valence-corrected chi connectivity index (χ4v) is 6.74. The number of anilines is 1. The Balaban J connectivity index is 1.39. The first-order chi connectivity index (χ1) is 13.0. The fraction of sp³-hybridized carbons (Fsp3) is 0.278. The lowest BCUT2D eigenvalue weighted by atomic mass is 10.2. The molecule has 4 rings (SSSR count). The number of hydrogen-bond donors (Lipinski definition) is 2. The highest BCUT2D eigenvalue weighted by atomic mass is 32.2. The first kappa shape index (κ1) is 18.0. The fourth-order valence-electron chi connectivity index (χ4n) is 3.06. The van der Waals surface area contributed by atoms with Crippen molar-refractivity contribution in [1.82, 2.24) is 10.3 Å². The minimum atomic E-state index is -2.96. The molecule has 0 bridgehead atoms. The van der Waals surface area contributed by atoms with Gasteiger partial charge >= 0.3 is 0 Å². The van der Waals surface area contributed by atoms with Crippen molar-refractivity contribution in [2.75, 3.05) is 16.8 Å². The highest BCUT2D eigenvalue weighted by Gasteiger charge is 2.42. The molecule has 2 aliphatic heterocycles. The Kier molecular flexibility index (Phi) is 4.88. The van der Waals surface area contributed by atoms with Crippen LogP contribution in [0.5, 0.6) is 0 Å². The van der Waals surface area contributed by atoms with Crippen LogP contribution in [0.2, 0.25) is 0 Å². The van der Waals surface area contributed by atoms with Crippen molar-refractivity contribution in [3.63, 3.8) is 0 Å². The van der Waals surface area contributed by atoms with E-state index in [4.69, 9.17) is 0 Å². The number of nitrogens with one attached hydrogen (secondary N) is 2. The van der Waals surface area contributed by atoms with Gasteiger partial charge in [-0.2, -0.15) is 0 Å². The minimum Gasteiger partial charge on any atom is -0.348 e. The van der Waals surface area contributed by atoms with E-state index >= 15 is 0 Å². The molecule has 9 heteroatoms. The maximum Gasteiger partial charge on any atom is 0.251 e. The molecule has 0 unspecified atom stereocenters. The first-order valence-corrected chi connectivity index (χ1v) is 11.2. The van der Waals surface area contributed by atoms with Crippen molar-refractivity contribution in [1.29, 1.82) is 0 Å². The molecule has 140 valence electrons. The van der Waals surface area contributed by atoms with E-state index in [0.29, 0.717) is 17.3 Å². The van der Waals surface area contributed by atoms with Crippen LogP contribution in [0, 0.1) is 0 Å². The van der Waals surface area contributed by atoms with E-state index in [9.17, 15) is 13.2 Å². The third-order valence-electron chi connectivity index (χ3n) is 4.37. The summed E-state index contributed by atoms with van der Waals surface area (Å²) in [4.78, 5) is 20.9. The van der Waals surface area contributed by atoms with Gasteiger partial charge in [0.2, 0.25) is 0 Å². The van der Waals surface area contributed by atoms with Crippen molar-refractivity contribution in [3.05, 3.63) is 59.9 Å². The monoisotopic (exact) mass is 402 g/mol. The Morgan fingerprint density at radius 2 is 2.11 bits per heavy atom. The molecule has 2 N–H and O–H groups in total. The van der Waals surface area contributed by atoms with Crippen LogP contribution in [-0.2, 0) is 16.4 Å². The summed E-state index contributed by atoms with van der Waals surface area (Å²) in [6, 6.07) is 10.7. The number of amides is 1. The second-order valence-corrected chi connectivity index (χ2v) is 9.87. The van der Waals surface area contributed by atoms with Gasteiger partial charge in [0, 0.05) is 35.4 Å². The third kappa shape index (κ3) is 4.30. The summed E-state index contributed by atoms with van der Waals surface area (Å²) in [5.74, 6) is 0.118. The normalized spacial score (nSPS) is 22.7. The number of nitrogens with zero attached hydrogens (tertiary/aromatic N) is 2. The van der Waals surface area contributed by atoms with Crippen LogP contribution in [0.3, 0.4) is 0 Å². The van der Waals surface area contributed by atoms with E-state index in [1.54, 1.807) is 30.6 Å². The largest absolute Gasteiger partial charge is 0.348 e. The SMILES string of the molecule is O=C(NCc1cccnc1)c1cccc(NC2=N[C@@H]3CS(=O)(=O)C[C@H]3S2)c1. The Hall–Kier alpha value is -2.39. The van der Waals surface area contributed by atoms with Crippen LogP contribution in [0.25, 0.3) is 0 Å². The van der Waals surface area contributed by atoms with E-state index in [2.05, 4.69) is 20.6 Å². The number of thioether (sulfide) groups is 1. The van der Waals surface area contributed by atoms with E-state index < -0.39 is 9.84 Å². The quantitative estimate of drug-likeness (QED) is 0.807. The number of carbonyl (C=O) groups is 1. The zero-order valence-corrected chi connectivity index (χ0v) is 16.0. The molecule has 27 heavy (non-hydrogen) atoms. The van der Waals surface area contributed by atoms with Gasteiger partial charge < -0.3 is 10.6 Å². The Bertz CT molecular complexity index is 993. The minimum absolute atomic E-state index is 0.0107. The Labute approximate surface area is 161 Å². The number of pyridine rings is 1. The summed E-state index contributed by atoms with van der Waals surface area (Å²) in [5, 5.41) is 6.75. The Morgan fingerprint density at radius 3 is 2.89 bits per heavy atom. The second kappa shape index (κ2) is 7.32. The zero-order chi connectivity index (χ0) is 18.9. The van der Waals surface area contributed by atoms with Gasteiger partial charge in [-0.3, -0.25) is 14.8 Å². The molecule has 0 aliphatic carbocycles. The summed E-state index contributed by atoms with van der Waals surface area (Å²) in [6.07, 6.45) is 3.40. The number of sulfone groups is 1. The van der Waals surface area contributed by atoms with Crippen molar-refractivity contribution < 1.29 is 13.2 Å². The van der Waals surface area contributed by atoms with Crippen molar-refractivity contribution >= 4 is 38.4 Å². The van der Waals surface area contributed by atoms with Crippen LogP contribution in [0.4, 0.5) is 5.69 Å². The van der Waals surface area contributed by atoms with E-state index in [-0.39, 0.29) is 28.7 Å². The molecule has 1 saturated heterocycles. The lowest BCUT2D eigenvalue weighted by Crippen LogP contribution is -2.23. The van der Waals surface area contributed by atoms with Crippen LogP contribution in [-0.4, -0.2) is 47.3 Å². The second-order valence-electron chi connectivity index (χ2n) is 6.48. The van der Waals surface area contributed by atoms with Crippen molar-refractivity contribution in [2.24, 2.45) is 4.99 Å². The number of aromatic nitrogens is 1. The van der Waals surface area contributed by atoms with Gasteiger partial charge in [0.25, 0.3) is 5.91 Å². The smallest absolute Gasteiger partial charge is 0.251 e. The molecule has 0 spiro atoms. The molecular weight excluding hydrogens is 384 g/mol. The average molecular weight is 403 g/mol. The molecule has 1 aromatic heterocycles. The maximum absolute atomic E-state index is 12.4. The number of aliphatic imine (C=N–C) groups is 1. The van der Waals surface area contributed by atoms with Gasteiger partial charge in [-0.15, -0.1) is 0 Å². The van der Waals surface area contributed by atoms with E-state index in [1.807, 2.05) is 18.2 Å². The third-order valence-corrected chi connectivity index (χ3v) is 7.51. The van der Waals surface area contributed by atoms with Crippen LogP contribution >= 0.6 is 11.8 Å². The van der Waals surface area contributed by atoms with Crippen LogP contribution in [0.15, 0.2) is 53.8 Å². The van der Waals surface area contributed by atoms with Gasteiger partial charge in [0.1, 0.15) is 0 Å². The van der Waals surface area contributed by atoms with Gasteiger partial charge in [-0.25, -0.2) is 8.42 Å². The van der Waals surface area contributed by atoms with Gasteiger partial charge in [-0.1, -0.05) is 23.9 Å². The molecule has 2 aliphatic rings. The predicted molar refractivity (Wildman–Crippen MR) is 107 cm³/mol. The number of amidine groups is 1. The van der Waals surface area contributed by atoms with Gasteiger partial charge in [0.15, 0.2) is 15.0 Å². The molecular formula is C18H18N4O3S2. The van der Waals surface area contributed by atoms with E-state index in [0.717, 1.165) is 11.3 Å². The highest BCUT2D eigenvalue weighted by molar-refractivity contribution is 8.15. The van der Waals surface area contributed by atoms with Crippen molar-refractivity contribution in [3.8, 4) is 0 Å². The number of rotatable bonds is 4. The predicted octanol–water partition coefficient (Wildman–Crippen LogP) is 1.69. The van der Waals surface area contributed by atoms with Crippen LogP contribution in [0.1, 0.15) is 15.9 Å². The van der Waals surface area contributed by atoms with E-state index in [1.165, 1.54) is 11.8 Å². The molecule has 0 saturated carbocycles. The topological polar surface area (TPSA) is 101 Å². The lowest BCUT2D eigenvalue weighted by molar-refractivity contribution is 0.0951. The van der Waals surface area contributed by atoms with Crippen LogP contribution < -0.4 is 10.6 Å². The number of hydrogen-bond acceptors (Lipinski definition) is 7. The number of benzene rings is 1. The van der Waals surface area contributed by atoms with Gasteiger partial charge in [-0.05, 0) is 29.8 Å². The number of fused-ring (bicyclic) bond motifs is 1. The average Bonchev–Trinajstić information content (AvgIpc) is 3.13. The molecule has 2 aromatic rings. The maximum atomic E-state index is 12.4. The highest BCUT2D eigenvalue weighted by Crippen LogP contribution is 2.34.